The molecule has 0 atom stereocenters. The first kappa shape index (κ1) is 13.9. The van der Waals surface area contributed by atoms with Crippen molar-refractivity contribution in [2.75, 3.05) is 13.2 Å². The lowest BCUT2D eigenvalue weighted by molar-refractivity contribution is -0.141. The third-order valence-electron chi connectivity index (χ3n) is 1.91. The third-order valence-corrected chi connectivity index (χ3v) is 2.47. The zero-order valence-corrected chi connectivity index (χ0v) is 10.7. The summed E-state index contributed by atoms with van der Waals surface area (Å²) >= 11 is 2.99. The summed E-state index contributed by atoms with van der Waals surface area (Å²) in [5.41, 5.74) is -0.0441. The van der Waals surface area contributed by atoms with Crippen LogP contribution >= 0.6 is 15.9 Å². The van der Waals surface area contributed by atoms with E-state index >= 15 is 0 Å². The third kappa shape index (κ3) is 4.30. The van der Waals surface area contributed by atoms with E-state index in [1.807, 2.05) is 0 Å². The Morgan fingerprint density at radius 1 is 1.29 bits per heavy atom. The van der Waals surface area contributed by atoms with Crippen LogP contribution in [0.25, 0.3) is 0 Å². The van der Waals surface area contributed by atoms with Gasteiger partial charge in [-0.1, -0.05) is 15.9 Å². The molecule has 0 bridgehead atoms. The van der Waals surface area contributed by atoms with Crippen LogP contribution in [0.1, 0.15) is 12.5 Å². The van der Waals surface area contributed by atoms with Gasteiger partial charge in [-0.25, -0.2) is 8.78 Å². The molecule has 1 aromatic carbocycles. The Morgan fingerprint density at radius 2 is 1.88 bits per heavy atom. The predicted molar refractivity (Wildman–Crippen MR) is 61.1 cm³/mol. The number of alkyl halides is 1. The zero-order valence-electron chi connectivity index (χ0n) is 9.13. The van der Waals surface area contributed by atoms with Gasteiger partial charge < -0.3 is 9.47 Å². The second-order valence-electron chi connectivity index (χ2n) is 3.19. The highest BCUT2D eigenvalue weighted by molar-refractivity contribution is 9.08. The maximum absolute atomic E-state index is 13.3. The lowest BCUT2D eigenvalue weighted by Crippen LogP contribution is -2.10. The molecule has 0 saturated carbocycles. The van der Waals surface area contributed by atoms with Gasteiger partial charge >= 0.3 is 5.97 Å². The smallest absolute Gasteiger partial charge is 0.302 e. The van der Waals surface area contributed by atoms with E-state index in [9.17, 15) is 13.6 Å². The van der Waals surface area contributed by atoms with Crippen molar-refractivity contribution < 1.29 is 23.0 Å². The molecule has 0 aliphatic rings. The van der Waals surface area contributed by atoms with Crippen LogP contribution in [0.4, 0.5) is 8.78 Å². The van der Waals surface area contributed by atoms with Gasteiger partial charge in [-0.05, 0) is 0 Å². The summed E-state index contributed by atoms with van der Waals surface area (Å²) in [6, 6.07) is 2.18. The maximum atomic E-state index is 13.3. The molecule has 6 heteroatoms. The van der Waals surface area contributed by atoms with Crippen molar-refractivity contribution in [1.82, 2.24) is 0 Å². The van der Waals surface area contributed by atoms with E-state index in [4.69, 9.17) is 4.74 Å². The Labute approximate surface area is 106 Å². The largest absolute Gasteiger partial charge is 0.490 e. The molecule has 0 fully saturated rings. The fourth-order valence-corrected chi connectivity index (χ4v) is 1.67. The molecule has 17 heavy (non-hydrogen) atoms. The number of esters is 1. The Bertz CT molecular complexity index is 387. The summed E-state index contributed by atoms with van der Waals surface area (Å²) in [6.07, 6.45) is 0. The van der Waals surface area contributed by atoms with Crippen LogP contribution in [0.2, 0.25) is 0 Å². The topological polar surface area (TPSA) is 35.5 Å². The summed E-state index contributed by atoms with van der Waals surface area (Å²) in [4.78, 5) is 10.4. The number of carbonyl (C=O) groups is 1. The normalized spacial score (nSPS) is 10.1. The van der Waals surface area contributed by atoms with Crippen LogP contribution in [-0.2, 0) is 14.9 Å². The molecule has 94 valence electrons. The molecule has 3 nitrogen and oxygen atoms in total. The van der Waals surface area contributed by atoms with Gasteiger partial charge in [-0.15, -0.1) is 0 Å². The predicted octanol–water partition coefficient (Wildman–Crippen LogP) is 2.80. The van der Waals surface area contributed by atoms with Crippen molar-refractivity contribution in [1.29, 1.82) is 0 Å². The van der Waals surface area contributed by atoms with Gasteiger partial charge in [-0.3, -0.25) is 4.79 Å². The number of benzene rings is 1. The maximum Gasteiger partial charge on any atom is 0.302 e. The first-order valence-electron chi connectivity index (χ1n) is 4.84. The van der Waals surface area contributed by atoms with Crippen LogP contribution in [-0.4, -0.2) is 19.2 Å². The molecular formula is C11H11BrF2O3. The fraction of sp³-hybridized carbons (Fsp3) is 0.364. The standard InChI is InChI=1S/C11H11BrF2O3/c1-7(15)16-2-3-17-8-4-10(13)9(6-12)11(14)5-8/h4-5H,2-3,6H2,1H3. The fourth-order valence-electron chi connectivity index (χ4n) is 1.14. The van der Waals surface area contributed by atoms with Crippen molar-refractivity contribution in [2.24, 2.45) is 0 Å². The van der Waals surface area contributed by atoms with Crippen molar-refractivity contribution in [3.05, 3.63) is 29.3 Å². The van der Waals surface area contributed by atoms with Gasteiger partial charge in [0.05, 0.1) is 0 Å². The van der Waals surface area contributed by atoms with E-state index in [2.05, 4.69) is 20.7 Å². The Balaban J connectivity index is 2.58. The minimum absolute atomic E-state index is 0.0404. The molecule has 0 aromatic heterocycles. The number of hydrogen-bond donors (Lipinski definition) is 0. The molecule has 0 saturated heterocycles. The molecule has 0 amide bonds. The van der Waals surface area contributed by atoms with Crippen LogP contribution < -0.4 is 4.74 Å². The number of halogens is 3. The van der Waals surface area contributed by atoms with Crippen LogP contribution in [0.5, 0.6) is 5.75 Å². The second-order valence-corrected chi connectivity index (χ2v) is 3.75. The number of carbonyl (C=O) groups excluding carboxylic acids is 1. The first-order valence-corrected chi connectivity index (χ1v) is 5.96. The van der Waals surface area contributed by atoms with Crippen molar-refractivity contribution in [3.8, 4) is 5.75 Å². The molecule has 0 aliphatic heterocycles. The monoisotopic (exact) mass is 308 g/mol. The van der Waals surface area contributed by atoms with Crippen molar-refractivity contribution in [3.63, 3.8) is 0 Å². The highest BCUT2D eigenvalue weighted by atomic mass is 79.9. The van der Waals surface area contributed by atoms with Gasteiger partial charge in [0.2, 0.25) is 0 Å². The molecule has 1 aromatic rings. The first-order chi connectivity index (χ1) is 8.04. The number of hydrogen-bond acceptors (Lipinski definition) is 3. The van der Waals surface area contributed by atoms with Gasteiger partial charge in [0.1, 0.15) is 30.6 Å². The second kappa shape index (κ2) is 6.54. The average molecular weight is 309 g/mol. The van der Waals surface area contributed by atoms with Crippen LogP contribution in [0.3, 0.4) is 0 Å². The van der Waals surface area contributed by atoms with Gasteiger partial charge in [0.25, 0.3) is 0 Å². The van der Waals surface area contributed by atoms with E-state index < -0.39 is 17.6 Å². The van der Waals surface area contributed by atoms with Gasteiger partial charge in [-0.2, -0.15) is 0 Å². The molecule has 0 heterocycles. The Hall–Kier alpha value is -1.17. The highest BCUT2D eigenvalue weighted by Gasteiger charge is 2.10. The molecule has 1 rings (SSSR count). The van der Waals surface area contributed by atoms with Gasteiger partial charge in [0, 0.05) is 30.0 Å². The Morgan fingerprint density at radius 3 is 2.35 bits per heavy atom. The minimum Gasteiger partial charge on any atom is -0.490 e. The molecule has 0 unspecified atom stereocenters. The van der Waals surface area contributed by atoms with Crippen molar-refractivity contribution >= 4 is 21.9 Å². The average Bonchev–Trinajstić information content (AvgIpc) is 2.24. The summed E-state index contributed by atoms with van der Waals surface area (Å²) in [6.45, 7) is 1.36. The highest BCUT2D eigenvalue weighted by Crippen LogP contribution is 2.22. The summed E-state index contributed by atoms with van der Waals surface area (Å²) in [5, 5.41) is 0.0956. The molecule has 0 aliphatic carbocycles. The quantitative estimate of drug-likeness (QED) is 0.477. The van der Waals surface area contributed by atoms with E-state index in [1.165, 1.54) is 6.92 Å². The summed E-state index contributed by atoms with van der Waals surface area (Å²) in [7, 11) is 0. The lowest BCUT2D eigenvalue weighted by atomic mass is 10.2. The van der Waals surface area contributed by atoms with Crippen LogP contribution in [0, 0.1) is 11.6 Å². The molecule has 0 radical (unpaired) electrons. The minimum atomic E-state index is -0.677. The van der Waals surface area contributed by atoms with E-state index in [1.54, 1.807) is 0 Å². The number of ether oxygens (including phenoxy) is 2. The Kier molecular flexibility index (Phi) is 5.34. The molecule has 0 N–H and O–H groups in total. The molecular weight excluding hydrogens is 298 g/mol. The van der Waals surface area contributed by atoms with Gasteiger partial charge in [0.15, 0.2) is 0 Å². The lowest BCUT2D eigenvalue weighted by Gasteiger charge is -2.08. The van der Waals surface area contributed by atoms with E-state index in [0.717, 1.165) is 12.1 Å². The number of rotatable bonds is 5. The SMILES string of the molecule is CC(=O)OCCOc1cc(F)c(CBr)c(F)c1. The van der Waals surface area contributed by atoms with Crippen LogP contribution in [0.15, 0.2) is 12.1 Å². The zero-order chi connectivity index (χ0) is 12.8. The van der Waals surface area contributed by atoms with E-state index in [-0.39, 0.29) is 29.9 Å². The summed E-state index contributed by atoms with van der Waals surface area (Å²) in [5.74, 6) is -1.72. The molecule has 0 spiro atoms. The van der Waals surface area contributed by atoms with E-state index in [0.29, 0.717) is 0 Å². The van der Waals surface area contributed by atoms with Crippen molar-refractivity contribution in [2.45, 2.75) is 12.3 Å². The summed E-state index contributed by atoms with van der Waals surface area (Å²) < 4.78 is 36.3.